The highest BCUT2D eigenvalue weighted by Crippen LogP contribution is 2.36. The number of benzene rings is 5. The van der Waals surface area contributed by atoms with Crippen LogP contribution in [-0.4, -0.2) is 19.5 Å². The number of rotatable bonds is 4. The van der Waals surface area contributed by atoms with Crippen molar-refractivity contribution in [1.29, 1.82) is 0 Å². The molecule has 0 unspecified atom stereocenters. The largest absolute Gasteiger partial charge is 0.397 e. The standard InChI is InChI=1S/C33H23N5/c34-27-16-8-10-18-29(27)38-28-17-9-7-15-25(28)26-20-19-24(21-30(26)38)33-36-31(22-11-3-1-4-12-22)35-32(37-33)23-13-5-2-6-14-23/h1-21H,34H2. The van der Waals surface area contributed by atoms with Gasteiger partial charge < -0.3 is 10.3 Å². The minimum Gasteiger partial charge on any atom is -0.397 e. The van der Waals surface area contributed by atoms with Gasteiger partial charge in [-0.3, -0.25) is 0 Å². The van der Waals surface area contributed by atoms with Gasteiger partial charge in [0.2, 0.25) is 0 Å². The zero-order chi connectivity index (χ0) is 25.5. The first kappa shape index (κ1) is 21.9. The average Bonchev–Trinajstić information content (AvgIpc) is 3.31. The lowest BCUT2D eigenvalue weighted by atomic mass is 10.1. The van der Waals surface area contributed by atoms with Crippen molar-refractivity contribution in [2.45, 2.75) is 0 Å². The number of nitrogens with two attached hydrogens (primary N) is 1. The summed E-state index contributed by atoms with van der Waals surface area (Å²) in [5.41, 5.74) is 13.1. The average molecular weight is 490 g/mol. The SMILES string of the molecule is Nc1ccccc1-n1c2ccccc2c2ccc(-c3nc(-c4ccccc4)nc(-c4ccccc4)n3)cc21. The molecule has 0 radical (unpaired) electrons. The molecule has 38 heavy (non-hydrogen) atoms. The molecule has 7 aromatic rings. The predicted octanol–water partition coefficient (Wildman–Crippen LogP) is 7.55. The Morgan fingerprint density at radius 3 is 1.63 bits per heavy atom. The van der Waals surface area contributed by atoms with Crippen molar-refractivity contribution < 1.29 is 0 Å². The second-order valence-corrected chi connectivity index (χ2v) is 9.18. The summed E-state index contributed by atoms with van der Waals surface area (Å²) >= 11 is 0. The summed E-state index contributed by atoms with van der Waals surface area (Å²) in [5, 5.41) is 2.32. The van der Waals surface area contributed by atoms with Crippen LogP contribution >= 0.6 is 0 Å². The van der Waals surface area contributed by atoms with Crippen LogP contribution in [0.15, 0.2) is 127 Å². The van der Waals surface area contributed by atoms with E-state index in [1.807, 2.05) is 78.9 Å². The highest BCUT2D eigenvalue weighted by Gasteiger charge is 2.17. The molecular formula is C33H23N5. The van der Waals surface area contributed by atoms with Crippen molar-refractivity contribution in [3.63, 3.8) is 0 Å². The Bertz CT molecular complexity index is 1870. The summed E-state index contributed by atoms with van der Waals surface area (Å²) in [7, 11) is 0. The minimum atomic E-state index is 0.623. The number of anilines is 1. The van der Waals surface area contributed by atoms with E-state index in [-0.39, 0.29) is 0 Å². The van der Waals surface area contributed by atoms with E-state index in [4.69, 9.17) is 20.7 Å². The molecule has 180 valence electrons. The number of hydrogen-bond donors (Lipinski definition) is 1. The van der Waals surface area contributed by atoms with E-state index in [9.17, 15) is 0 Å². The summed E-state index contributed by atoms with van der Waals surface area (Å²) in [6.07, 6.45) is 0. The molecule has 0 saturated carbocycles. The normalized spacial score (nSPS) is 11.3. The fourth-order valence-corrected chi connectivity index (χ4v) is 5.00. The van der Waals surface area contributed by atoms with Gasteiger partial charge in [0.15, 0.2) is 17.5 Å². The molecule has 0 aliphatic carbocycles. The molecule has 2 heterocycles. The highest BCUT2D eigenvalue weighted by atomic mass is 15.0. The fraction of sp³-hybridized carbons (Fsp3) is 0. The number of nitrogen functional groups attached to an aromatic ring is 1. The molecule has 0 aliphatic rings. The van der Waals surface area contributed by atoms with Crippen molar-refractivity contribution in [2.75, 3.05) is 5.73 Å². The zero-order valence-corrected chi connectivity index (χ0v) is 20.5. The monoisotopic (exact) mass is 489 g/mol. The molecule has 5 aromatic carbocycles. The molecule has 0 saturated heterocycles. The van der Waals surface area contributed by atoms with Crippen molar-refractivity contribution in [3.05, 3.63) is 127 Å². The number of hydrogen-bond acceptors (Lipinski definition) is 4. The van der Waals surface area contributed by atoms with Gasteiger partial charge in [-0.2, -0.15) is 0 Å². The lowest BCUT2D eigenvalue weighted by Gasteiger charge is -2.12. The smallest absolute Gasteiger partial charge is 0.164 e. The maximum atomic E-state index is 6.46. The maximum Gasteiger partial charge on any atom is 0.164 e. The van der Waals surface area contributed by atoms with E-state index in [0.717, 1.165) is 44.5 Å². The predicted molar refractivity (Wildman–Crippen MR) is 155 cm³/mol. The van der Waals surface area contributed by atoms with E-state index in [2.05, 4.69) is 53.1 Å². The Labute approximate surface area is 219 Å². The third-order valence-electron chi connectivity index (χ3n) is 6.81. The second kappa shape index (κ2) is 8.98. The molecule has 2 N–H and O–H groups in total. The van der Waals surface area contributed by atoms with Crippen molar-refractivity contribution in [1.82, 2.24) is 19.5 Å². The first-order valence-electron chi connectivity index (χ1n) is 12.5. The van der Waals surface area contributed by atoms with E-state index in [1.165, 1.54) is 5.39 Å². The molecule has 0 fully saturated rings. The number of nitrogens with zero attached hydrogens (tertiary/aromatic N) is 4. The molecule has 2 aromatic heterocycles. The Morgan fingerprint density at radius 2 is 0.974 bits per heavy atom. The van der Waals surface area contributed by atoms with Gasteiger partial charge in [0.1, 0.15) is 0 Å². The first-order valence-corrected chi connectivity index (χ1v) is 12.5. The quantitative estimate of drug-likeness (QED) is 0.259. The zero-order valence-electron chi connectivity index (χ0n) is 20.5. The molecule has 7 rings (SSSR count). The van der Waals surface area contributed by atoms with Crippen LogP contribution in [-0.2, 0) is 0 Å². The van der Waals surface area contributed by atoms with Crippen LogP contribution in [0.2, 0.25) is 0 Å². The molecule has 5 nitrogen and oxygen atoms in total. The van der Waals surface area contributed by atoms with Gasteiger partial charge in [-0.15, -0.1) is 0 Å². The molecule has 0 atom stereocenters. The number of para-hydroxylation sites is 3. The molecule has 0 amide bonds. The maximum absolute atomic E-state index is 6.46. The summed E-state index contributed by atoms with van der Waals surface area (Å²) < 4.78 is 2.22. The lowest BCUT2D eigenvalue weighted by molar-refractivity contribution is 1.07. The Hall–Kier alpha value is -5.29. The minimum absolute atomic E-state index is 0.623. The van der Waals surface area contributed by atoms with Crippen LogP contribution in [0.4, 0.5) is 5.69 Å². The Morgan fingerprint density at radius 1 is 0.447 bits per heavy atom. The molecule has 0 aliphatic heterocycles. The molecule has 0 bridgehead atoms. The number of aromatic nitrogens is 4. The van der Waals surface area contributed by atoms with Gasteiger partial charge in [-0.25, -0.2) is 15.0 Å². The topological polar surface area (TPSA) is 69.6 Å². The van der Waals surface area contributed by atoms with Crippen molar-refractivity contribution in [3.8, 4) is 39.9 Å². The summed E-state index contributed by atoms with van der Waals surface area (Å²) in [6, 6.07) is 42.8. The van der Waals surface area contributed by atoms with E-state index in [0.29, 0.717) is 17.5 Å². The second-order valence-electron chi connectivity index (χ2n) is 9.18. The lowest BCUT2D eigenvalue weighted by Crippen LogP contribution is -2.01. The van der Waals surface area contributed by atoms with Crippen LogP contribution in [0.1, 0.15) is 0 Å². The fourth-order valence-electron chi connectivity index (χ4n) is 5.00. The highest BCUT2D eigenvalue weighted by molar-refractivity contribution is 6.10. The summed E-state index contributed by atoms with van der Waals surface area (Å²) in [4.78, 5) is 14.7. The third-order valence-corrected chi connectivity index (χ3v) is 6.81. The van der Waals surface area contributed by atoms with E-state index < -0.39 is 0 Å². The first-order chi connectivity index (χ1) is 18.8. The van der Waals surface area contributed by atoms with Crippen LogP contribution < -0.4 is 5.73 Å². The van der Waals surface area contributed by atoms with Crippen molar-refractivity contribution >= 4 is 27.5 Å². The van der Waals surface area contributed by atoms with Gasteiger partial charge in [-0.05, 0) is 24.3 Å². The van der Waals surface area contributed by atoms with Gasteiger partial charge in [0, 0.05) is 27.5 Å². The number of fused-ring (bicyclic) bond motifs is 3. The van der Waals surface area contributed by atoms with Crippen LogP contribution in [0, 0.1) is 0 Å². The van der Waals surface area contributed by atoms with Crippen LogP contribution in [0.5, 0.6) is 0 Å². The Balaban J connectivity index is 1.49. The van der Waals surface area contributed by atoms with Gasteiger partial charge in [0.05, 0.1) is 22.4 Å². The summed E-state index contributed by atoms with van der Waals surface area (Å²) in [5.74, 6) is 1.90. The van der Waals surface area contributed by atoms with Gasteiger partial charge >= 0.3 is 0 Å². The van der Waals surface area contributed by atoms with E-state index >= 15 is 0 Å². The van der Waals surface area contributed by atoms with E-state index in [1.54, 1.807) is 0 Å². The van der Waals surface area contributed by atoms with Gasteiger partial charge in [0.25, 0.3) is 0 Å². The molecule has 0 spiro atoms. The van der Waals surface area contributed by atoms with Crippen LogP contribution in [0.3, 0.4) is 0 Å². The molecular weight excluding hydrogens is 466 g/mol. The summed E-state index contributed by atoms with van der Waals surface area (Å²) in [6.45, 7) is 0. The van der Waals surface area contributed by atoms with Crippen molar-refractivity contribution in [2.24, 2.45) is 0 Å². The Kier molecular flexibility index (Phi) is 5.19. The molecule has 5 heteroatoms. The van der Waals surface area contributed by atoms with Gasteiger partial charge in [-0.1, -0.05) is 103 Å². The third kappa shape index (κ3) is 3.69. The van der Waals surface area contributed by atoms with Crippen LogP contribution in [0.25, 0.3) is 61.7 Å².